The number of carbonyl (C=O) groups is 1. The molecule has 0 aliphatic carbocycles. The minimum Gasteiger partial charge on any atom is -0.441 e. The first-order valence-corrected chi connectivity index (χ1v) is 10.9. The van der Waals surface area contributed by atoms with Crippen LogP contribution < -0.4 is 10.2 Å². The van der Waals surface area contributed by atoms with Crippen LogP contribution in [0.3, 0.4) is 0 Å². The van der Waals surface area contributed by atoms with Crippen LogP contribution in [0.4, 0.5) is 14.5 Å². The molecule has 1 unspecified atom stereocenters. The summed E-state index contributed by atoms with van der Waals surface area (Å²) >= 11 is 3.50. The molecule has 0 saturated carbocycles. The van der Waals surface area contributed by atoms with Gasteiger partial charge in [-0.15, -0.1) is 0 Å². The summed E-state index contributed by atoms with van der Waals surface area (Å²) in [6, 6.07) is 11.5. The van der Waals surface area contributed by atoms with Gasteiger partial charge in [-0.05, 0) is 42.7 Å². The van der Waals surface area contributed by atoms with Gasteiger partial charge in [-0.1, -0.05) is 22.0 Å². The number of hydrogen-bond donors (Lipinski definition) is 1. The summed E-state index contributed by atoms with van der Waals surface area (Å²) in [5.41, 5.74) is 1.32. The zero-order valence-electron chi connectivity index (χ0n) is 16.8. The van der Waals surface area contributed by atoms with E-state index in [0.29, 0.717) is 24.8 Å². The van der Waals surface area contributed by atoms with Crippen LogP contribution in [0.5, 0.6) is 0 Å². The molecule has 8 heteroatoms. The van der Waals surface area contributed by atoms with Crippen molar-refractivity contribution in [1.29, 1.82) is 0 Å². The maximum absolute atomic E-state index is 13.9. The van der Waals surface area contributed by atoms with Crippen LogP contribution in [-0.2, 0) is 11.2 Å². The Morgan fingerprint density at radius 2 is 2.13 bits per heavy atom. The van der Waals surface area contributed by atoms with Gasteiger partial charge >= 0.3 is 0 Å². The first kappa shape index (κ1) is 21.5. The van der Waals surface area contributed by atoms with Crippen molar-refractivity contribution in [2.24, 2.45) is 5.92 Å². The third kappa shape index (κ3) is 5.50. The van der Waals surface area contributed by atoms with Gasteiger partial charge in [0.1, 0.15) is 11.6 Å². The second-order valence-corrected chi connectivity index (χ2v) is 8.54. The highest BCUT2D eigenvalue weighted by Crippen LogP contribution is 2.26. The smallest absolute Gasteiger partial charge is 0.220 e. The van der Waals surface area contributed by atoms with Gasteiger partial charge in [-0.25, -0.2) is 13.8 Å². The summed E-state index contributed by atoms with van der Waals surface area (Å²) in [5, 5.41) is 2.99. The van der Waals surface area contributed by atoms with E-state index >= 15 is 0 Å². The average Bonchev–Trinajstić information content (AvgIpc) is 3.40. The van der Waals surface area contributed by atoms with Gasteiger partial charge < -0.3 is 14.6 Å². The summed E-state index contributed by atoms with van der Waals surface area (Å²) in [5.74, 6) is -0.484. The summed E-state index contributed by atoms with van der Waals surface area (Å²) in [6.45, 7) is 2.50. The minimum atomic E-state index is -0.714. The van der Waals surface area contributed by atoms with Crippen LogP contribution in [-0.4, -0.2) is 30.5 Å². The Balaban J connectivity index is 1.23. The number of amides is 1. The minimum absolute atomic E-state index is 0.0754. The first-order chi connectivity index (χ1) is 15.0. The highest BCUT2D eigenvalue weighted by molar-refractivity contribution is 9.10. The van der Waals surface area contributed by atoms with E-state index in [9.17, 15) is 13.6 Å². The molecule has 4 rings (SSSR count). The van der Waals surface area contributed by atoms with E-state index in [0.717, 1.165) is 36.1 Å². The van der Waals surface area contributed by atoms with Gasteiger partial charge in [0.25, 0.3) is 0 Å². The van der Waals surface area contributed by atoms with E-state index in [4.69, 9.17) is 4.42 Å². The number of aryl methyl sites for hydroxylation is 1. The molecule has 0 radical (unpaired) electrons. The van der Waals surface area contributed by atoms with Gasteiger partial charge in [0.05, 0.1) is 11.8 Å². The predicted octanol–water partition coefficient (Wildman–Crippen LogP) is 4.96. The number of nitrogens with one attached hydrogen (secondary N) is 1. The lowest BCUT2D eigenvalue weighted by Crippen LogP contribution is -2.31. The van der Waals surface area contributed by atoms with Gasteiger partial charge in [0.2, 0.25) is 5.91 Å². The molecule has 1 aliphatic rings. The van der Waals surface area contributed by atoms with Crippen molar-refractivity contribution in [3.8, 4) is 11.3 Å². The number of nitrogens with zero attached hydrogens (tertiary/aromatic N) is 2. The van der Waals surface area contributed by atoms with Gasteiger partial charge in [-0.3, -0.25) is 4.79 Å². The fraction of sp³-hybridized carbons (Fsp3) is 0.304. The number of hydrogen-bond acceptors (Lipinski definition) is 4. The van der Waals surface area contributed by atoms with E-state index in [-0.39, 0.29) is 23.7 Å². The first-order valence-electron chi connectivity index (χ1n) is 10.2. The normalized spacial score (nSPS) is 16.0. The number of oxazole rings is 1. The number of carbonyl (C=O) groups excluding carboxylic acids is 1. The topological polar surface area (TPSA) is 58.4 Å². The number of rotatable bonds is 7. The van der Waals surface area contributed by atoms with E-state index in [2.05, 4.69) is 43.3 Å². The van der Waals surface area contributed by atoms with Crippen molar-refractivity contribution >= 4 is 27.5 Å². The molecule has 31 heavy (non-hydrogen) atoms. The third-order valence-electron chi connectivity index (χ3n) is 5.36. The molecule has 1 aromatic heterocycles. The Labute approximate surface area is 187 Å². The zero-order chi connectivity index (χ0) is 21.8. The van der Waals surface area contributed by atoms with Crippen molar-refractivity contribution in [3.05, 3.63) is 70.7 Å². The Hall–Kier alpha value is -2.74. The standard InChI is InChI=1S/C23H22BrF2N3O2/c24-16-2-1-3-18(10-16)29-9-8-15(14-29)12-27-22(30)6-7-23-28-13-21(31-23)19-5-4-17(25)11-20(19)26/h1-5,10-11,13,15H,6-9,12,14H2,(H,27,30). The molecule has 1 N–H and O–H groups in total. The lowest BCUT2D eigenvalue weighted by atomic mass is 10.1. The van der Waals surface area contributed by atoms with Crippen LogP contribution in [0.1, 0.15) is 18.7 Å². The monoisotopic (exact) mass is 489 g/mol. The van der Waals surface area contributed by atoms with Crippen molar-refractivity contribution in [1.82, 2.24) is 10.3 Å². The molecule has 2 aromatic carbocycles. The van der Waals surface area contributed by atoms with Gasteiger partial charge in [0.15, 0.2) is 11.7 Å². The Kier molecular flexibility index (Phi) is 6.65. The van der Waals surface area contributed by atoms with Crippen LogP contribution in [0.2, 0.25) is 0 Å². The number of benzene rings is 2. The predicted molar refractivity (Wildman–Crippen MR) is 118 cm³/mol. The molecule has 1 amide bonds. The van der Waals surface area contributed by atoms with Crippen molar-refractivity contribution in [2.45, 2.75) is 19.3 Å². The molecule has 2 heterocycles. The van der Waals surface area contributed by atoms with Crippen molar-refractivity contribution in [2.75, 3.05) is 24.5 Å². The lowest BCUT2D eigenvalue weighted by molar-refractivity contribution is -0.121. The maximum atomic E-state index is 13.9. The van der Waals surface area contributed by atoms with Crippen LogP contribution in [0.15, 0.2) is 57.6 Å². The second kappa shape index (κ2) is 9.60. The molecule has 3 aromatic rings. The fourth-order valence-corrected chi connectivity index (χ4v) is 4.10. The summed E-state index contributed by atoms with van der Waals surface area (Å²) < 4.78 is 33.5. The number of anilines is 1. The summed E-state index contributed by atoms with van der Waals surface area (Å²) in [4.78, 5) is 18.7. The molecule has 0 bridgehead atoms. The SMILES string of the molecule is O=C(CCc1ncc(-c2ccc(F)cc2F)o1)NCC1CCN(c2cccc(Br)c2)C1. The quantitative estimate of drug-likeness (QED) is 0.509. The van der Waals surface area contributed by atoms with Crippen molar-refractivity contribution in [3.63, 3.8) is 0 Å². The molecular weight excluding hydrogens is 468 g/mol. The largest absolute Gasteiger partial charge is 0.441 e. The number of halogens is 3. The van der Waals surface area contributed by atoms with E-state index < -0.39 is 11.6 Å². The summed E-state index contributed by atoms with van der Waals surface area (Å²) in [7, 11) is 0. The molecule has 1 atom stereocenters. The maximum Gasteiger partial charge on any atom is 0.220 e. The van der Waals surface area contributed by atoms with Crippen molar-refractivity contribution < 1.29 is 18.0 Å². The van der Waals surface area contributed by atoms with Gasteiger partial charge in [0, 0.05) is 48.7 Å². The molecule has 1 fully saturated rings. The molecular formula is C23H22BrF2N3O2. The van der Waals surface area contributed by atoms with E-state index in [1.165, 1.54) is 18.0 Å². The molecule has 5 nitrogen and oxygen atoms in total. The Morgan fingerprint density at radius 1 is 1.26 bits per heavy atom. The van der Waals surface area contributed by atoms with Crippen LogP contribution >= 0.6 is 15.9 Å². The van der Waals surface area contributed by atoms with Gasteiger partial charge in [-0.2, -0.15) is 0 Å². The number of aromatic nitrogens is 1. The summed E-state index contributed by atoms with van der Waals surface area (Å²) in [6.07, 6.45) is 2.95. The van der Waals surface area contributed by atoms with E-state index in [1.54, 1.807) is 0 Å². The molecule has 1 saturated heterocycles. The molecule has 162 valence electrons. The highest BCUT2D eigenvalue weighted by Gasteiger charge is 2.23. The highest BCUT2D eigenvalue weighted by atomic mass is 79.9. The average molecular weight is 490 g/mol. The molecule has 0 spiro atoms. The Morgan fingerprint density at radius 3 is 2.94 bits per heavy atom. The molecule has 1 aliphatic heterocycles. The third-order valence-corrected chi connectivity index (χ3v) is 5.86. The lowest BCUT2D eigenvalue weighted by Gasteiger charge is -2.19. The van der Waals surface area contributed by atoms with Crippen LogP contribution in [0.25, 0.3) is 11.3 Å². The van der Waals surface area contributed by atoms with E-state index in [1.807, 2.05) is 12.1 Å². The zero-order valence-corrected chi connectivity index (χ0v) is 18.4. The van der Waals surface area contributed by atoms with Crippen LogP contribution in [0, 0.1) is 17.6 Å². The fourth-order valence-electron chi connectivity index (χ4n) is 3.71. The second-order valence-electron chi connectivity index (χ2n) is 7.63. The Bertz CT molecular complexity index is 1070.